The molecule has 3 heterocycles. The fourth-order valence-corrected chi connectivity index (χ4v) is 6.60. The number of pyridine rings is 1. The number of rotatable bonds is 3. The van der Waals surface area contributed by atoms with E-state index in [9.17, 15) is 14.7 Å². The van der Waals surface area contributed by atoms with Gasteiger partial charge in [-0.3, -0.25) is 9.59 Å². The van der Waals surface area contributed by atoms with Crippen LogP contribution in [0.25, 0.3) is 11.1 Å². The first kappa shape index (κ1) is 26.2. The van der Waals surface area contributed by atoms with E-state index in [1.165, 1.54) is 32.1 Å². The monoisotopic (exact) mass is 509 g/mol. The summed E-state index contributed by atoms with van der Waals surface area (Å²) in [5.74, 6) is 0.600. The molecule has 1 N–H and O–H groups in total. The topological polar surface area (TPSA) is 86.9 Å². The average Bonchev–Trinajstić information content (AvgIpc) is 3.24. The Morgan fingerprint density at radius 2 is 1.73 bits per heavy atom. The van der Waals surface area contributed by atoms with Crippen LogP contribution in [0.15, 0.2) is 16.5 Å². The average molecular weight is 510 g/mol. The Labute approximate surface area is 220 Å². The fourth-order valence-electron chi connectivity index (χ4n) is 6.60. The first-order chi connectivity index (χ1) is 17.2. The van der Waals surface area contributed by atoms with Crippen molar-refractivity contribution >= 4 is 22.9 Å². The molecular weight excluding hydrogens is 466 g/mol. The van der Waals surface area contributed by atoms with Crippen molar-refractivity contribution in [3.63, 3.8) is 0 Å². The van der Waals surface area contributed by atoms with Crippen LogP contribution in [0.3, 0.4) is 0 Å². The van der Waals surface area contributed by atoms with Crippen LogP contribution in [0.2, 0.25) is 0 Å². The van der Waals surface area contributed by atoms with Gasteiger partial charge in [0.1, 0.15) is 5.52 Å². The van der Waals surface area contributed by atoms with E-state index in [-0.39, 0.29) is 23.1 Å². The van der Waals surface area contributed by atoms with Crippen molar-refractivity contribution in [1.82, 2.24) is 14.8 Å². The van der Waals surface area contributed by atoms with Gasteiger partial charge in [0.05, 0.1) is 11.1 Å². The maximum atomic E-state index is 13.8. The number of piperazine rings is 1. The highest BCUT2D eigenvalue weighted by molar-refractivity contribution is 5.96. The molecule has 7 nitrogen and oxygen atoms in total. The van der Waals surface area contributed by atoms with Gasteiger partial charge in [-0.25, -0.2) is 4.98 Å². The molecule has 0 spiro atoms. The van der Waals surface area contributed by atoms with Gasteiger partial charge >= 0.3 is 0 Å². The fraction of sp³-hybridized carbons (Fsp3) is 0.700. The maximum absolute atomic E-state index is 13.8. The summed E-state index contributed by atoms with van der Waals surface area (Å²) in [6.07, 6.45) is 7.14. The lowest BCUT2D eigenvalue weighted by molar-refractivity contribution is -0.153. The lowest BCUT2D eigenvalue weighted by Crippen LogP contribution is -2.63. The van der Waals surface area contributed by atoms with E-state index in [0.29, 0.717) is 49.7 Å². The minimum atomic E-state index is -0.730. The molecule has 1 aliphatic heterocycles. The van der Waals surface area contributed by atoms with E-state index in [0.717, 1.165) is 16.8 Å². The molecule has 202 valence electrons. The van der Waals surface area contributed by atoms with Crippen LogP contribution < -0.4 is 0 Å². The lowest BCUT2D eigenvalue weighted by Gasteiger charge is -2.49. The molecule has 0 aromatic carbocycles. The van der Waals surface area contributed by atoms with Crippen LogP contribution in [0.5, 0.6) is 0 Å². The van der Waals surface area contributed by atoms with Crippen molar-refractivity contribution in [1.29, 1.82) is 0 Å². The number of amides is 2. The summed E-state index contributed by atoms with van der Waals surface area (Å²) in [5.41, 5.74) is 2.29. The molecule has 2 aliphatic carbocycles. The summed E-state index contributed by atoms with van der Waals surface area (Å²) < 4.78 is 6.28. The molecule has 0 unspecified atom stereocenters. The Bertz CT molecular complexity index is 1190. The van der Waals surface area contributed by atoms with Gasteiger partial charge in [-0.1, -0.05) is 40.0 Å². The number of aromatic nitrogens is 1. The van der Waals surface area contributed by atoms with Gasteiger partial charge < -0.3 is 19.3 Å². The molecule has 7 heteroatoms. The van der Waals surface area contributed by atoms with Crippen LogP contribution in [0.1, 0.15) is 114 Å². The molecule has 37 heavy (non-hydrogen) atoms. The summed E-state index contributed by atoms with van der Waals surface area (Å²) in [6.45, 7) is 13.7. The largest absolute Gasteiger partial charge is 0.449 e. The van der Waals surface area contributed by atoms with Gasteiger partial charge in [-0.15, -0.1) is 0 Å². The lowest BCUT2D eigenvalue weighted by atomic mass is 9.71. The SMILES string of the molecule is CC1(O)CC(C(=O)N2CCN(C(=O)c3cc4nc(C5CCCCC5)cc(C(C)(C)C)c4o3)C(C)(C)C2)C1. The highest BCUT2D eigenvalue weighted by Gasteiger charge is 2.47. The molecule has 2 aromatic rings. The molecule has 2 aromatic heterocycles. The Morgan fingerprint density at radius 3 is 2.32 bits per heavy atom. The van der Waals surface area contributed by atoms with Crippen molar-refractivity contribution in [2.75, 3.05) is 19.6 Å². The molecule has 2 saturated carbocycles. The van der Waals surface area contributed by atoms with Crippen LogP contribution in [0, 0.1) is 5.92 Å². The van der Waals surface area contributed by atoms with E-state index in [4.69, 9.17) is 9.40 Å². The summed E-state index contributed by atoms with van der Waals surface area (Å²) in [5, 5.41) is 10.1. The van der Waals surface area contributed by atoms with Crippen molar-refractivity contribution < 1.29 is 19.1 Å². The van der Waals surface area contributed by atoms with Crippen molar-refractivity contribution in [2.24, 2.45) is 5.92 Å². The van der Waals surface area contributed by atoms with Crippen LogP contribution in [-0.4, -0.2) is 62.5 Å². The predicted octanol–water partition coefficient (Wildman–Crippen LogP) is 5.40. The Kier molecular flexibility index (Phi) is 6.45. The molecule has 0 atom stereocenters. The molecule has 3 aliphatic rings. The smallest absolute Gasteiger partial charge is 0.290 e. The van der Waals surface area contributed by atoms with E-state index in [2.05, 4.69) is 26.8 Å². The molecule has 0 radical (unpaired) electrons. The van der Waals surface area contributed by atoms with Gasteiger partial charge in [-0.2, -0.15) is 0 Å². The van der Waals surface area contributed by atoms with E-state index >= 15 is 0 Å². The molecule has 3 fully saturated rings. The summed E-state index contributed by atoms with van der Waals surface area (Å²) in [4.78, 5) is 35.5. The van der Waals surface area contributed by atoms with Gasteiger partial charge in [0.25, 0.3) is 5.91 Å². The number of hydrogen-bond acceptors (Lipinski definition) is 5. The number of aliphatic hydroxyl groups is 1. The van der Waals surface area contributed by atoms with Gasteiger partial charge in [0.2, 0.25) is 5.91 Å². The molecule has 5 rings (SSSR count). The molecular formula is C30H43N3O4. The van der Waals surface area contributed by atoms with Crippen molar-refractivity contribution in [3.8, 4) is 0 Å². The van der Waals surface area contributed by atoms with E-state index < -0.39 is 11.1 Å². The highest BCUT2D eigenvalue weighted by atomic mass is 16.3. The third-order valence-corrected chi connectivity index (χ3v) is 8.72. The second-order valence-electron chi connectivity index (χ2n) is 13.6. The first-order valence-electron chi connectivity index (χ1n) is 14.0. The zero-order valence-electron chi connectivity index (χ0n) is 23.4. The summed E-state index contributed by atoms with van der Waals surface area (Å²) in [6, 6.07) is 4.03. The zero-order valence-corrected chi connectivity index (χ0v) is 23.4. The first-order valence-corrected chi connectivity index (χ1v) is 14.0. The standard InChI is InChI=1S/C30H43N3O4/c1-28(2,3)21-14-22(19-10-8-7-9-11-19)31-23-15-24(37-25(21)23)27(35)33-13-12-32(18-29(33,4)5)26(34)20-16-30(6,36)17-20/h14-15,19-20,36H,7-13,16-18H2,1-6H3. The third-order valence-electron chi connectivity index (χ3n) is 8.72. The zero-order chi connectivity index (χ0) is 26.8. The number of hydrogen-bond donors (Lipinski definition) is 1. The number of nitrogens with zero attached hydrogens (tertiary/aromatic N) is 3. The van der Waals surface area contributed by atoms with Gasteiger partial charge in [-0.05, 0) is 57.9 Å². The van der Waals surface area contributed by atoms with Crippen molar-refractivity contribution in [3.05, 3.63) is 29.2 Å². The van der Waals surface area contributed by atoms with E-state index in [1.54, 1.807) is 6.92 Å². The molecule has 2 amide bonds. The van der Waals surface area contributed by atoms with E-state index in [1.807, 2.05) is 29.7 Å². The predicted molar refractivity (Wildman–Crippen MR) is 144 cm³/mol. The van der Waals surface area contributed by atoms with Crippen LogP contribution >= 0.6 is 0 Å². The normalized spacial score (nSPS) is 26.8. The summed E-state index contributed by atoms with van der Waals surface area (Å²) in [7, 11) is 0. The van der Waals surface area contributed by atoms with Crippen LogP contribution in [-0.2, 0) is 10.2 Å². The number of carbonyl (C=O) groups excluding carboxylic acids is 2. The minimum Gasteiger partial charge on any atom is -0.449 e. The number of carbonyl (C=O) groups is 2. The van der Waals surface area contributed by atoms with Crippen LogP contribution in [0.4, 0.5) is 0 Å². The minimum absolute atomic E-state index is 0.0877. The van der Waals surface area contributed by atoms with Gasteiger partial charge in [0, 0.05) is 48.8 Å². The molecule has 1 saturated heterocycles. The summed E-state index contributed by atoms with van der Waals surface area (Å²) >= 11 is 0. The molecule has 0 bridgehead atoms. The quantitative estimate of drug-likeness (QED) is 0.599. The van der Waals surface area contributed by atoms with Gasteiger partial charge in [0.15, 0.2) is 11.3 Å². The Hall–Kier alpha value is -2.41. The Balaban J connectivity index is 1.39. The van der Waals surface area contributed by atoms with Crippen molar-refractivity contribution in [2.45, 2.75) is 109 Å². The highest BCUT2D eigenvalue weighted by Crippen LogP contribution is 2.40. The second-order valence-corrected chi connectivity index (χ2v) is 13.6. The maximum Gasteiger partial charge on any atom is 0.290 e. The second kappa shape index (κ2) is 9.11. The Morgan fingerprint density at radius 1 is 1.05 bits per heavy atom. The number of furan rings is 1. The number of fused-ring (bicyclic) bond motifs is 1. The third kappa shape index (κ3) is 5.04.